The fourth-order valence-electron chi connectivity index (χ4n) is 5.45. The lowest BCUT2D eigenvalue weighted by Crippen LogP contribution is -2.47. The van der Waals surface area contributed by atoms with Gasteiger partial charge in [0.2, 0.25) is 0 Å². The average Bonchev–Trinajstić information content (AvgIpc) is 3.22. The molecule has 0 N–H and O–H groups in total. The van der Waals surface area contributed by atoms with Gasteiger partial charge in [0, 0.05) is 28.8 Å². The quantitative estimate of drug-likeness (QED) is 0.592. The van der Waals surface area contributed by atoms with Crippen molar-refractivity contribution in [3.05, 3.63) is 102 Å². The molecule has 0 saturated heterocycles. The first-order valence-electron chi connectivity index (χ1n) is 9.40. The number of hydrogen-bond acceptors (Lipinski definition) is 2. The fraction of sp³-hybridized carbons (Fsp3) is 0.250. The van der Waals surface area contributed by atoms with E-state index in [0.717, 1.165) is 25.0 Å². The highest BCUT2D eigenvalue weighted by Gasteiger charge is 2.70. The van der Waals surface area contributed by atoms with Gasteiger partial charge in [-0.2, -0.15) is 0 Å². The summed E-state index contributed by atoms with van der Waals surface area (Å²) in [6.07, 6.45) is 4.32. The molecule has 2 nitrogen and oxygen atoms in total. The minimum absolute atomic E-state index is 0.0203. The number of aromatic nitrogens is 1. The van der Waals surface area contributed by atoms with Crippen molar-refractivity contribution >= 4 is 5.78 Å². The molecule has 27 heavy (non-hydrogen) atoms. The van der Waals surface area contributed by atoms with Gasteiger partial charge in [0.1, 0.15) is 5.82 Å². The number of Topliss-reactive ketones (excluding diaryl/α,β-unsaturated/α-hetero) is 1. The van der Waals surface area contributed by atoms with Gasteiger partial charge in [-0.25, -0.2) is 4.39 Å². The zero-order valence-electron chi connectivity index (χ0n) is 14.9. The third kappa shape index (κ3) is 2.38. The van der Waals surface area contributed by atoms with Crippen LogP contribution in [0, 0.1) is 11.2 Å². The molecule has 3 aliphatic carbocycles. The van der Waals surface area contributed by atoms with Gasteiger partial charge in [-0.15, -0.1) is 0 Å². The molecule has 0 radical (unpaired) electrons. The van der Waals surface area contributed by atoms with Crippen molar-refractivity contribution in [2.45, 2.75) is 30.6 Å². The molecule has 3 heteroatoms. The van der Waals surface area contributed by atoms with E-state index in [9.17, 15) is 9.18 Å². The molecule has 2 aromatic carbocycles. The molecule has 3 aliphatic rings. The summed E-state index contributed by atoms with van der Waals surface area (Å²) in [6, 6.07) is 22.5. The molecule has 1 aromatic heterocycles. The molecule has 3 aromatic rings. The van der Waals surface area contributed by atoms with Crippen molar-refractivity contribution < 1.29 is 9.18 Å². The topological polar surface area (TPSA) is 30.0 Å². The normalized spacial score (nSPS) is 28.6. The Morgan fingerprint density at radius 1 is 0.963 bits per heavy atom. The van der Waals surface area contributed by atoms with Crippen LogP contribution in [0.2, 0.25) is 0 Å². The van der Waals surface area contributed by atoms with Crippen LogP contribution in [-0.4, -0.2) is 10.8 Å². The second kappa shape index (κ2) is 5.85. The van der Waals surface area contributed by atoms with Crippen molar-refractivity contribution in [1.82, 2.24) is 4.98 Å². The predicted octanol–water partition coefficient (Wildman–Crippen LogP) is 5.31. The molecule has 3 fully saturated rings. The molecule has 0 aliphatic heterocycles. The van der Waals surface area contributed by atoms with Crippen LogP contribution in [0.25, 0.3) is 0 Å². The minimum atomic E-state index is -0.488. The Balaban J connectivity index is 1.59. The van der Waals surface area contributed by atoms with E-state index in [-0.39, 0.29) is 22.9 Å². The zero-order chi connectivity index (χ0) is 18.5. The third-order valence-corrected chi connectivity index (χ3v) is 6.54. The van der Waals surface area contributed by atoms with E-state index >= 15 is 0 Å². The van der Waals surface area contributed by atoms with Gasteiger partial charge in [-0.3, -0.25) is 9.78 Å². The summed E-state index contributed by atoms with van der Waals surface area (Å²) in [5.41, 5.74) is 2.27. The van der Waals surface area contributed by atoms with Crippen LogP contribution in [0.3, 0.4) is 0 Å². The Bertz CT molecular complexity index is 993. The van der Waals surface area contributed by atoms with Gasteiger partial charge in [-0.05, 0) is 54.5 Å². The van der Waals surface area contributed by atoms with Gasteiger partial charge in [0.05, 0.1) is 0 Å². The molecule has 0 spiro atoms. The molecule has 3 saturated carbocycles. The third-order valence-electron chi connectivity index (χ3n) is 6.54. The summed E-state index contributed by atoms with van der Waals surface area (Å²) in [4.78, 5) is 18.1. The summed E-state index contributed by atoms with van der Waals surface area (Å²) in [7, 11) is 0. The number of halogens is 1. The maximum atomic E-state index is 13.7. The molecule has 1 atom stereocenters. The van der Waals surface area contributed by atoms with E-state index in [2.05, 4.69) is 29.2 Å². The summed E-state index contributed by atoms with van der Waals surface area (Å²) in [5.74, 6) is -0.241. The highest BCUT2D eigenvalue weighted by molar-refractivity contribution is 6.03. The molecular weight excluding hydrogens is 337 g/mol. The van der Waals surface area contributed by atoms with Crippen LogP contribution >= 0.6 is 0 Å². The number of fused-ring (bicyclic) bond motifs is 1. The lowest BCUT2D eigenvalue weighted by molar-refractivity contribution is 0.0537. The number of nitrogens with zero attached hydrogens (tertiary/aromatic N) is 1. The largest absolute Gasteiger partial charge is 0.294 e. The summed E-state index contributed by atoms with van der Waals surface area (Å²) in [5, 5.41) is 0. The fourth-order valence-corrected chi connectivity index (χ4v) is 5.45. The summed E-state index contributed by atoms with van der Waals surface area (Å²) < 4.78 is 13.7. The van der Waals surface area contributed by atoms with Crippen molar-refractivity contribution in [3.8, 4) is 0 Å². The van der Waals surface area contributed by atoms with E-state index in [1.165, 1.54) is 17.7 Å². The van der Waals surface area contributed by atoms with Crippen molar-refractivity contribution in [3.63, 3.8) is 0 Å². The van der Waals surface area contributed by atoms with E-state index in [0.29, 0.717) is 5.56 Å². The van der Waals surface area contributed by atoms with Gasteiger partial charge >= 0.3 is 0 Å². The van der Waals surface area contributed by atoms with Crippen LogP contribution in [-0.2, 0) is 5.41 Å². The van der Waals surface area contributed by atoms with Gasteiger partial charge < -0.3 is 0 Å². The first-order chi connectivity index (χ1) is 13.1. The Morgan fingerprint density at radius 3 is 2.44 bits per heavy atom. The second-order valence-electron chi connectivity index (χ2n) is 8.01. The summed E-state index contributed by atoms with van der Waals surface area (Å²) in [6.45, 7) is 0. The van der Waals surface area contributed by atoms with Gasteiger partial charge in [0.15, 0.2) is 5.78 Å². The molecular formula is C24H20FNO. The van der Waals surface area contributed by atoms with Crippen molar-refractivity contribution in [1.29, 1.82) is 0 Å². The van der Waals surface area contributed by atoms with Crippen LogP contribution in [0.15, 0.2) is 79.0 Å². The molecule has 6 rings (SSSR count). The highest BCUT2D eigenvalue weighted by Crippen LogP contribution is 2.73. The Kier molecular flexibility index (Phi) is 3.55. The first kappa shape index (κ1) is 16.4. The molecule has 0 amide bonds. The number of ketones is 1. The monoisotopic (exact) mass is 357 g/mol. The Labute approximate surface area is 158 Å². The van der Waals surface area contributed by atoms with Crippen LogP contribution in [0.1, 0.15) is 46.8 Å². The number of benzene rings is 2. The zero-order valence-corrected chi connectivity index (χ0v) is 14.9. The first-order valence-corrected chi connectivity index (χ1v) is 9.40. The Hall–Kier alpha value is -2.81. The van der Waals surface area contributed by atoms with E-state index in [4.69, 9.17) is 0 Å². The van der Waals surface area contributed by atoms with E-state index in [1.54, 1.807) is 18.3 Å². The molecule has 134 valence electrons. The maximum absolute atomic E-state index is 13.7. The van der Waals surface area contributed by atoms with E-state index in [1.807, 2.05) is 24.3 Å². The number of carbonyl (C=O) groups excluding carboxylic acids is 1. The van der Waals surface area contributed by atoms with E-state index < -0.39 is 5.41 Å². The smallest absolute Gasteiger partial charge is 0.169 e. The highest BCUT2D eigenvalue weighted by atomic mass is 19.1. The minimum Gasteiger partial charge on any atom is -0.294 e. The van der Waals surface area contributed by atoms with Crippen LogP contribution in [0.4, 0.5) is 4.39 Å². The maximum Gasteiger partial charge on any atom is 0.169 e. The van der Waals surface area contributed by atoms with Crippen molar-refractivity contribution in [2.24, 2.45) is 5.41 Å². The average molecular weight is 357 g/mol. The Morgan fingerprint density at radius 2 is 1.74 bits per heavy atom. The van der Waals surface area contributed by atoms with Gasteiger partial charge in [-0.1, -0.05) is 48.5 Å². The standard InChI is InChI=1S/C24H20FNO/c25-19-10-6-7-17(13-19)22(27)24-15-23(16-24,18-8-2-1-3-9-18)14-20(24)21-11-4-5-12-26-21/h1-13,20H,14-16H2/t20-,23?,24?/m0/s1. The summed E-state index contributed by atoms with van der Waals surface area (Å²) >= 11 is 0. The number of rotatable bonds is 4. The lowest BCUT2D eigenvalue weighted by atomic mass is 9.54. The second-order valence-corrected chi connectivity index (χ2v) is 8.01. The molecule has 2 bridgehead atoms. The number of carbonyl (C=O) groups is 1. The lowest BCUT2D eigenvalue weighted by Gasteiger charge is -2.48. The molecule has 0 unspecified atom stereocenters. The SMILES string of the molecule is O=C(c1cccc(F)c1)C12CC(c3ccccc3)(C[C@H]1c1ccccn1)C2. The van der Waals surface area contributed by atoms with Crippen molar-refractivity contribution in [2.75, 3.05) is 0 Å². The molecule has 1 heterocycles. The van der Waals surface area contributed by atoms with Gasteiger partial charge in [0.25, 0.3) is 0 Å². The van der Waals surface area contributed by atoms with Crippen LogP contribution in [0.5, 0.6) is 0 Å². The predicted molar refractivity (Wildman–Crippen MR) is 102 cm³/mol. The number of hydrogen-bond donors (Lipinski definition) is 0. The van der Waals surface area contributed by atoms with Crippen LogP contribution < -0.4 is 0 Å². The number of pyridine rings is 1.